The van der Waals surface area contributed by atoms with Gasteiger partial charge in [0, 0.05) is 28.6 Å². The smallest absolute Gasteiger partial charge is 0.224 e. The molecule has 0 fully saturated rings. The maximum Gasteiger partial charge on any atom is 0.224 e. The lowest BCUT2D eigenvalue weighted by Crippen LogP contribution is -2.13. The van der Waals surface area contributed by atoms with Gasteiger partial charge in [0.05, 0.1) is 6.20 Å². The van der Waals surface area contributed by atoms with Crippen LogP contribution in [0.25, 0.3) is 11.3 Å². The summed E-state index contributed by atoms with van der Waals surface area (Å²) in [5.74, 6) is 1.22. The number of oxazole rings is 1. The molecule has 0 aliphatic rings. The Morgan fingerprint density at radius 2 is 1.92 bits per heavy atom. The number of hydrogen-bond donors (Lipinski definition) is 1. The minimum atomic E-state index is -0.0460. The van der Waals surface area contributed by atoms with E-state index in [4.69, 9.17) is 4.42 Å². The highest BCUT2D eigenvalue weighted by atomic mass is 79.9. The Kier molecular flexibility index (Phi) is 5.34. The predicted molar refractivity (Wildman–Crippen MR) is 103 cm³/mol. The number of halogens is 1. The van der Waals surface area contributed by atoms with E-state index >= 15 is 0 Å². The number of nitrogens with one attached hydrogen (secondary N) is 1. The Balaban J connectivity index is 1.58. The third-order valence-corrected chi connectivity index (χ3v) is 4.43. The zero-order valence-electron chi connectivity index (χ0n) is 14.2. The molecular formula is C20H19BrN2O2. The SMILES string of the molecule is Cc1ccc(NC(=O)CCc2ncc(-c3ccc(Br)cc3)o2)c(C)c1. The first-order valence-electron chi connectivity index (χ1n) is 8.09. The fourth-order valence-corrected chi connectivity index (χ4v) is 2.82. The third kappa shape index (κ3) is 4.57. The van der Waals surface area contributed by atoms with Crippen LogP contribution in [0.5, 0.6) is 0 Å². The molecule has 3 rings (SSSR count). The van der Waals surface area contributed by atoms with Crippen LogP contribution in [0.1, 0.15) is 23.4 Å². The topological polar surface area (TPSA) is 55.1 Å². The van der Waals surface area contributed by atoms with Crippen LogP contribution < -0.4 is 5.32 Å². The number of aryl methyl sites for hydroxylation is 3. The second kappa shape index (κ2) is 7.66. The van der Waals surface area contributed by atoms with Crippen LogP contribution in [0.15, 0.2) is 57.6 Å². The van der Waals surface area contributed by atoms with Gasteiger partial charge in [-0.3, -0.25) is 4.79 Å². The van der Waals surface area contributed by atoms with E-state index in [1.807, 2.05) is 56.3 Å². The van der Waals surface area contributed by atoms with Crippen molar-refractivity contribution in [3.05, 3.63) is 70.2 Å². The highest BCUT2D eigenvalue weighted by Gasteiger charge is 2.10. The average Bonchev–Trinajstić information content (AvgIpc) is 3.05. The molecule has 0 spiro atoms. The fraction of sp³-hybridized carbons (Fsp3) is 0.200. The number of rotatable bonds is 5. The molecule has 0 saturated carbocycles. The second-order valence-corrected chi connectivity index (χ2v) is 6.91. The van der Waals surface area contributed by atoms with E-state index in [1.54, 1.807) is 6.20 Å². The van der Waals surface area contributed by atoms with Gasteiger partial charge >= 0.3 is 0 Å². The van der Waals surface area contributed by atoms with E-state index in [0.29, 0.717) is 24.5 Å². The summed E-state index contributed by atoms with van der Waals surface area (Å²) in [7, 11) is 0. The standard InChI is InChI=1S/C20H19BrN2O2/c1-13-3-8-17(14(2)11-13)23-19(24)9-10-20-22-12-18(25-20)15-4-6-16(21)7-5-15/h3-8,11-12H,9-10H2,1-2H3,(H,23,24). The summed E-state index contributed by atoms with van der Waals surface area (Å²) in [5, 5.41) is 2.94. The summed E-state index contributed by atoms with van der Waals surface area (Å²) < 4.78 is 6.76. The molecule has 5 heteroatoms. The summed E-state index contributed by atoms with van der Waals surface area (Å²) in [6.45, 7) is 4.02. The van der Waals surface area contributed by atoms with Gasteiger partial charge < -0.3 is 9.73 Å². The number of aromatic nitrogens is 1. The van der Waals surface area contributed by atoms with Crippen LogP contribution in [-0.4, -0.2) is 10.9 Å². The fourth-order valence-electron chi connectivity index (χ4n) is 2.56. The van der Waals surface area contributed by atoms with E-state index in [-0.39, 0.29) is 5.91 Å². The monoisotopic (exact) mass is 398 g/mol. The quantitative estimate of drug-likeness (QED) is 0.634. The Morgan fingerprint density at radius 3 is 2.64 bits per heavy atom. The van der Waals surface area contributed by atoms with E-state index < -0.39 is 0 Å². The number of carbonyl (C=O) groups excluding carboxylic acids is 1. The minimum absolute atomic E-state index is 0.0460. The summed E-state index contributed by atoms with van der Waals surface area (Å²) >= 11 is 3.41. The molecule has 1 heterocycles. The molecule has 128 valence electrons. The third-order valence-electron chi connectivity index (χ3n) is 3.90. The predicted octanol–water partition coefficient (Wildman–Crippen LogP) is 5.29. The summed E-state index contributed by atoms with van der Waals surface area (Å²) in [5.41, 5.74) is 4.04. The molecule has 2 aromatic carbocycles. The zero-order valence-corrected chi connectivity index (χ0v) is 15.8. The maximum atomic E-state index is 12.2. The van der Waals surface area contributed by atoms with Crippen molar-refractivity contribution in [2.45, 2.75) is 26.7 Å². The lowest BCUT2D eigenvalue weighted by atomic mass is 10.1. The maximum absolute atomic E-state index is 12.2. The molecule has 0 saturated heterocycles. The van der Waals surface area contributed by atoms with Crippen LogP contribution in [0.3, 0.4) is 0 Å². The van der Waals surface area contributed by atoms with Crippen LogP contribution in [0, 0.1) is 13.8 Å². The van der Waals surface area contributed by atoms with Crippen molar-refractivity contribution >= 4 is 27.5 Å². The van der Waals surface area contributed by atoms with Crippen molar-refractivity contribution < 1.29 is 9.21 Å². The van der Waals surface area contributed by atoms with Crippen molar-refractivity contribution in [1.82, 2.24) is 4.98 Å². The average molecular weight is 399 g/mol. The summed E-state index contributed by atoms with van der Waals surface area (Å²) in [6, 6.07) is 13.8. The van der Waals surface area contributed by atoms with Crippen molar-refractivity contribution in [3.8, 4) is 11.3 Å². The van der Waals surface area contributed by atoms with Gasteiger partial charge in [0.1, 0.15) is 0 Å². The number of carbonyl (C=O) groups is 1. The molecule has 1 aromatic heterocycles. The number of amides is 1. The van der Waals surface area contributed by atoms with Gasteiger partial charge in [-0.15, -0.1) is 0 Å². The molecule has 0 aliphatic heterocycles. The first-order valence-corrected chi connectivity index (χ1v) is 8.88. The lowest BCUT2D eigenvalue weighted by Gasteiger charge is -2.08. The second-order valence-electron chi connectivity index (χ2n) is 5.99. The van der Waals surface area contributed by atoms with E-state index in [0.717, 1.165) is 21.3 Å². The van der Waals surface area contributed by atoms with Gasteiger partial charge in [0.25, 0.3) is 0 Å². The molecule has 3 aromatic rings. The van der Waals surface area contributed by atoms with Gasteiger partial charge in [-0.05, 0) is 37.6 Å². The van der Waals surface area contributed by atoms with E-state index in [9.17, 15) is 4.79 Å². The number of benzene rings is 2. The normalized spacial score (nSPS) is 10.7. The van der Waals surface area contributed by atoms with Gasteiger partial charge in [-0.1, -0.05) is 45.8 Å². The van der Waals surface area contributed by atoms with Gasteiger partial charge in [0.15, 0.2) is 11.7 Å². The van der Waals surface area contributed by atoms with Crippen molar-refractivity contribution in [1.29, 1.82) is 0 Å². The molecule has 0 radical (unpaired) electrons. The number of hydrogen-bond acceptors (Lipinski definition) is 3. The van der Waals surface area contributed by atoms with Crippen LogP contribution in [0.2, 0.25) is 0 Å². The van der Waals surface area contributed by atoms with Gasteiger partial charge in [-0.2, -0.15) is 0 Å². The molecule has 0 atom stereocenters. The molecule has 1 amide bonds. The summed E-state index contributed by atoms with van der Waals surface area (Å²) in [4.78, 5) is 16.4. The zero-order chi connectivity index (χ0) is 17.8. The van der Waals surface area contributed by atoms with Crippen molar-refractivity contribution in [2.75, 3.05) is 5.32 Å². The number of nitrogens with zero attached hydrogens (tertiary/aromatic N) is 1. The highest BCUT2D eigenvalue weighted by molar-refractivity contribution is 9.10. The molecule has 1 N–H and O–H groups in total. The molecule has 0 aliphatic carbocycles. The lowest BCUT2D eigenvalue weighted by molar-refractivity contribution is -0.116. The first-order chi connectivity index (χ1) is 12.0. The Labute approximate surface area is 155 Å². The van der Waals surface area contributed by atoms with Crippen molar-refractivity contribution in [2.24, 2.45) is 0 Å². The Bertz CT molecular complexity index is 885. The minimum Gasteiger partial charge on any atom is -0.441 e. The van der Waals surface area contributed by atoms with Gasteiger partial charge in [0.2, 0.25) is 5.91 Å². The van der Waals surface area contributed by atoms with E-state index in [1.165, 1.54) is 5.56 Å². The van der Waals surface area contributed by atoms with Crippen molar-refractivity contribution in [3.63, 3.8) is 0 Å². The largest absolute Gasteiger partial charge is 0.441 e. The molecule has 0 unspecified atom stereocenters. The summed E-state index contributed by atoms with van der Waals surface area (Å²) in [6.07, 6.45) is 2.49. The first kappa shape index (κ1) is 17.4. The molecule has 0 bridgehead atoms. The Hall–Kier alpha value is -2.40. The van der Waals surface area contributed by atoms with Gasteiger partial charge in [-0.25, -0.2) is 4.98 Å². The van der Waals surface area contributed by atoms with Crippen LogP contribution >= 0.6 is 15.9 Å². The van der Waals surface area contributed by atoms with Crippen LogP contribution in [-0.2, 0) is 11.2 Å². The highest BCUT2D eigenvalue weighted by Crippen LogP contribution is 2.23. The Morgan fingerprint density at radius 1 is 1.16 bits per heavy atom. The number of anilines is 1. The van der Waals surface area contributed by atoms with Crippen LogP contribution in [0.4, 0.5) is 5.69 Å². The van der Waals surface area contributed by atoms with E-state index in [2.05, 4.69) is 26.2 Å². The molecule has 25 heavy (non-hydrogen) atoms. The molecule has 4 nitrogen and oxygen atoms in total. The molecular weight excluding hydrogens is 380 g/mol.